The Kier molecular flexibility index (Phi) is 3.94. The van der Waals surface area contributed by atoms with Crippen LogP contribution in [-0.2, 0) is 0 Å². The summed E-state index contributed by atoms with van der Waals surface area (Å²) in [6.45, 7) is 9.57. The second-order valence-corrected chi connectivity index (χ2v) is 8.20. The maximum Gasteiger partial charge on any atom is 0.182 e. The monoisotopic (exact) mass is 305 g/mol. The van der Waals surface area contributed by atoms with Gasteiger partial charge >= 0.3 is 0 Å². The van der Waals surface area contributed by atoms with Crippen LogP contribution in [0.1, 0.15) is 79.1 Å². The maximum atomic E-state index is 2.64. The normalized spacial score (nSPS) is 31.1. The summed E-state index contributed by atoms with van der Waals surface area (Å²) in [6.07, 6.45) is 11.0. The highest BCUT2D eigenvalue weighted by Gasteiger charge is 2.35. The van der Waals surface area contributed by atoms with Crippen molar-refractivity contribution >= 4 is 7.28 Å². The van der Waals surface area contributed by atoms with Crippen molar-refractivity contribution < 1.29 is 0 Å². The molecule has 2 unspecified atom stereocenters. The lowest BCUT2D eigenvalue weighted by Crippen LogP contribution is -2.18. The Morgan fingerprint density at radius 3 is 2.26 bits per heavy atom. The Morgan fingerprint density at radius 2 is 1.48 bits per heavy atom. The molecule has 1 radical (unpaired) electrons. The van der Waals surface area contributed by atoms with Crippen LogP contribution in [-0.4, -0.2) is 7.28 Å². The van der Waals surface area contributed by atoms with Gasteiger partial charge in [-0.1, -0.05) is 46.6 Å². The SMILES string of the molecule is CC1=C([B]C2=C3CCCCC3=C(C)C2C)C2CCCCC2=C1C. The van der Waals surface area contributed by atoms with Crippen LogP contribution in [0.2, 0.25) is 0 Å². The van der Waals surface area contributed by atoms with Crippen LogP contribution in [0.3, 0.4) is 0 Å². The summed E-state index contributed by atoms with van der Waals surface area (Å²) in [5.74, 6) is 1.39. The Balaban J connectivity index is 1.66. The molecule has 0 aliphatic heterocycles. The molecule has 0 N–H and O–H groups in total. The fourth-order valence-corrected chi connectivity index (χ4v) is 5.53. The van der Waals surface area contributed by atoms with Crippen molar-refractivity contribution in [3.8, 4) is 0 Å². The summed E-state index contributed by atoms with van der Waals surface area (Å²) in [5.41, 5.74) is 13.4. The quantitative estimate of drug-likeness (QED) is 0.527. The molecule has 23 heavy (non-hydrogen) atoms. The van der Waals surface area contributed by atoms with Crippen molar-refractivity contribution in [2.45, 2.75) is 79.1 Å². The van der Waals surface area contributed by atoms with Crippen LogP contribution in [0.25, 0.3) is 0 Å². The Bertz CT molecular complexity index is 668. The van der Waals surface area contributed by atoms with Gasteiger partial charge in [0.25, 0.3) is 0 Å². The highest BCUT2D eigenvalue weighted by molar-refractivity contribution is 6.55. The third-order valence-electron chi connectivity index (χ3n) is 7.18. The molecular weight excluding hydrogens is 275 g/mol. The second-order valence-electron chi connectivity index (χ2n) is 8.20. The van der Waals surface area contributed by atoms with E-state index in [2.05, 4.69) is 35.0 Å². The molecule has 0 nitrogen and oxygen atoms in total. The largest absolute Gasteiger partial charge is 0.182 e. The smallest absolute Gasteiger partial charge is 0.0928 e. The summed E-state index contributed by atoms with van der Waals surface area (Å²) in [7, 11) is 2.64. The van der Waals surface area contributed by atoms with Gasteiger partial charge in [0, 0.05) is 0 Å². The van der Waals surface area contributed by atoms with E-state index in [9.17, 15) is 0 Å². The van der Waals surface area contributed by atoms with Gasteiger partial charge in [0.05, 0.1) is 0 Å². The molecule has 2 atom stereocenters. The first-order valence-corrected chi connectivity index (χ1v) is 9.78. The van der Waals surface area contributed by atoms with E-state index in [-0.39, 0.29) is 0 Å². The summed E-state index contributed by atoms with van der Waals surface area (Å²) >= 11 is 0. The molecule has 4 aliphatic carbocycles. The third-order valence-corrected chi connectivity index (χ3v) is 7.18. The molecule has 0 aromatic heterocycles. The predicted molar refractivity (Wildman–Crippen MR) is 100 cm³/mol. The summed E-state index contributed by atoms with van der Waals surface area (Å²) in [4.78, 5) is 0. The van der Waals surface area contributed by atoms with Gasteiger partial charge in [-0.05, 0) is 88.7 Å². The summed E-state index contributed by atoms with van der Waals surface area (Å²) in [5, 5.41) is 0. The first-order chi connectivity index (χ1) is 11.1. The topological polar surface area (TPSA) is 0 Å². The molecule has 2 fully saturated rings. The number of fused-ring (bicyclic) bond motifs is 2. The molecule has 121 valence electrons. The van der Waals surface area contributed by atoms with E-state index >= 15 is 0 Å². The van der Waals surface area contributed by atoms with E-state index in [1.165, 1.54) is 51.4 Å². The molecule has 2 saturated carbocycles. The fourth-order valence-electron chi connectivity index (χ4n) is 5.53. The molecule has 0 aromatic rings. The average molecular weight is 305 g/mol. The Hall–Kier alpha value is -0.975. The van der Waals surface area contributed by atoms with Gasteiger partial charge in [0.1, 0.15) is 0 Å². The van der Waals surface area contributed by atoms with E-state index in [1.807, 2.05) is 0 Å². The molecule has 0 amide bonds. The number of rotatable bonds is 2. The molecule has 4 rings (SSSR count). The minimum absolute atomic E-state index is 0.645. The Morgan fingerprint density at radius 1 is 0.783 bits per heavy atom. The molecule has 1 heteroatoms. The van der Waals surface area contributed by atoms with E-state index in [0.717, 1.165) is 5.92 Å². The van der Waals surface area contributed by atoms with Crippen LogP contribution in [0, 0.1) is 11.8 Å². The molecule has 0 saturated heterocycles. The predicted octanol–water partition coefficient (Wildman–Crippen LogP) is 6.28. The highest BCUT2D eigenvalue weighted by atomic mass is 14.4. The lowest BCUT2D eigenvalue weighted by molar-refractivity contribution is 0.517. The standard InChI is InChI=1S/C22H30B/c1-13-15(3)21(19-11-7-5-9-17(13)19)23-22-16(4)14(2)18-10-6-8-12-20(18)22/h15,20H,5-12H2,1-4H3. The van der Waals surface area contributed by atoms with Gasteiger partial charge in [-0.2, -0.15) is 0 Å². The summed E-state index contributed by atoms with van der Waals surface area (Å²) < 4.78 is 0. The van der Waals surface area contributed by atoms with Crippen molar-refractivity contribution in [2.24, 2.45) is 11.8 Å². The van der Waals surface area contributed by atoms with Crippen molar-refractivity contribution in [3.05, 3.63) is 44.4 Å². The lowest BCUT2D eigenvalue weighted by atomic mass is 9.53. The van der Waals surface area contributed by atoms with Crippen LogP contribution in [0.4, 0.5) is 0 Å². The highest BCUT2D eigenvalue weighted by Crippen LogP contribution is 2.49. The van der Waals surface area contributed by atoms with Gasteiger partial charge < -0.3 is 0 Å². The van der Waals surface area contributed by atoms with Gasteiger partial charge in [0.15, 0.2) is 7.28 Å². The minimum atomic E-state index is 0.645. The minimum Gasteiger partial charge on any atom is -0.0928 e. The summed E-state index contributed by atoms with van der Waals surface area (Å²) in [6, 6.07) is 0. The molecule has 0 aromatic carbocycles. The third kappa shape index (κ3) is 2.34. The van der Waals surface area contributed by atoms with E-state index in [1.54, 1.807) is 44.4 Å². The van der Waals surface area contributed by atoms with Crippen molar-refractivity contribution in [1.29, 1.82) is 0 Å². The van der Waals surface area contributed by atoms with E-state index < -0.39 is 0 Å². The molecule has 0 bridgehead atoms. The zero-order valence-corrected chi connectivity index (χ0v) is 15.4. The number of hydrogen-bond acceptors (Lipinski definition) is 0. The van der Waals surface area contributed by atoms with Gasteiger partial charge in [-0.3, -0.25) is 0 Å². The fraction of sp³-hybridized carbons (Fsp3) is 0.636. The Labute approximate surface area is 143 Å². The number of allylic oxidation sites excluding steroid dienone is 8. The van der Waals surface area contributed by atoms with Crippen molar-refractivity contribution in [2.75, 3.05) is 0 Å². The number of hydrogen-bond donors (Lipinski definition) is 0. The second kappa shape index (κ2) is 5.83. The lowest BCUT2D eigenvalue weighted by Gasteiger charge is -2.26. The zero-order chi connectivity index (χ0) is 16.1. The van der Waals surface area contributed by atoms with Gasteiger partial charge in [-0.25, -0.2) is 0 Å². The van der Waals surface area contributed by atoms with Crippen LogP contribution in [0.5, 0.6) is 0 Å². The maximum absolute atomic E-state index is 2.64. The van der Waals surface area contributed by atoms with E-state index in [0.29, 0.717) is 5.92 Å². The zero-order valence-electron chi connectivity index (χ0n) is 15.4. The van der Waals surface area contributed by atoms with Gasteiger partial charge in [-0.15, -0.1) is 0 Å². The first kappa shape index (κ1) is 15.5. The van der Waals surface area contributed by atoms with Crippen LogP contribution >= 0.6 is 0 Å². The van der Waals surface area contributed by atoms with Crippen molar-refractivity contribution in [3.63, 3.8) is 0 Å². The van der Waals surface area contributed by atoms with E-state index in [4.69, 9.17) is 0 Å². The van der Waals surface area contributed by atoms with Crippen molar-refractivity contribution in [1.82, 2.24) is 0 Å². The molecule has 0 heterocycles. The van der Waals surface area contributed by atoms with Gasteiger partial charge in [0.2, 0.25) is 0 Å². The van der Waals surface area contributed by atoms with Crippen LogP contribution in [0.15, 0.2) is 44.4 Å². The first-order valence-electron chi connectivity index (χ1n) is 9.78. The molecular formula is C22H30B. The average Bonchev–Trinajstić information content (AvgIpc) is 2.97. The molecule has 0 spiro atoms. The molecule has 4 aliphatic rings. The van der Waals surface area contributed by atoms with Crippen LogP contribution < -0.4 is 0 Å².